The zero-order chi connectivity index (χ0) is 14.8. The summed E-state index contributed by atoms with van der Waals surface area (Å²) in [6.07, 6.45) is 3.97. The van der Waals surface area contributed by atoms with Gasteiger partial charge in [-0.2, -0.15) is 0 Å². The molecule has 0 atom stereocenters. The second-order valence-electron chi connectivity index (χ2n) is 5.06. The van der Waals surface area contributed by atoms with Crippen molar-refractivity contribution >= 4 is 40.3 Å². The second-order valence-corrected chi connectivity index (χ2v) is 6.31. The van der Waals surface area contributed by atoms with Crippen molar-refractivity contribution in [2.75, 3.05) is 5.32 Å². The van der Waals surface area contributed by atoms with E-state index in [1.165, 1.54) is 6.07 Å². The highest BCUT2D eigenvalue weighted by molar-refractivity contribution is 14.1. The SMILES string of the molecule is CCC1(NC(=O)Nc2ccc(I)cc2C(=O)O)CCC1. The minimum Gasteiger partial charge on any atom is -0.478 e. The molecule has 1 aromatic rings. The minimum absolute atomic E-state index is 0.103. The molecule has 1 saturated carbocycles. The monoisotopic (exact) mass is 388 g/mol. The Morgan fingerprint density at radius 3 is 2.60 bits per heavy atom. The van der Waals surface area contributed by atoms with Crippen molar-refractivity contribution in [3.05, 3.63) is 27.3 Å². The van der Waals surface area contributed by atoms with Gasteiger partial charge in [-0.25, -0.2) is 9.59 Å². The number of rotatable bonds is 4. The largest absolute Gasteiger partial charge is 0.478 e. The van der Waals surface area contributed by atoms with Crippen LogP contribution in [0.25, 0.3) is 0 Å². The lowest BCUT2D eigenvalue weighted by molar-refractivity contribution is 0.0698. The fourth-order valence-corrected chi connectivity index (χ4v) is 2.86. The Balaban J connectivity index is 2.10. The standard InChI is InChI=1S/C14H17IN2O3/c1-2-14(6-3-7-14)17-13(20)16-11-5-4-9(15)8-10(11)12(18)19/h4-5,8H,2-3,6-7H2,1H3,(H,18,19)(H2,16,17,20). The number of benzene rings is 1. The molecule has 0 aliphatic heterocycles. The van der Waals surface area contributed by atoms with Crippen LogP contribution in [0.5, 0.6) is 0 Å². The Morgan fingerprint density at radius 2 is 2.10 bits per heavy atom. The molecule has 0 heterocycles. The van der Waals surface area contributed by atoms with Gasteiger partial charge in [0, 0.05) is 9.11 Å². The summed E-state index contributed by atoms with van der Waals surface area (Å²) in [6.45, 7) is 2.05. The van der Waals surface area contributed by atoms with Gasteiger partial charge in [0.25, 0.3) is 0 Å². The zero-order valence-corrected chi connectivity index (χ0v) is 13.4. The van der Waals surface area contributed by atoms with Crippen molar-refractivity contribution in [2.45, 2.75) is 38.1 Å². The molecule has 1 aliphatic carbocycles. The fourth-order valence-electron chi connectivity index (χ4n) is 2.37. The Kier molecular flexibility index (Phi) is 4.52. The normalized spacial score (nSPS) is 16.1. The van der Waals surface area contributed by atoms with E-state index in [-0.39, 0.29) is 17.1 Å². The quantitative estimate of drug-likeness (QED) is 0.692. The summed E-state index contributed by atoms with van der Waals surface area (Å²) in [7, 11) is 0. The van der Waals surface area contributed by atoms with Gasteiger partial charge in [-0.15, -0.1) is 0 Å². The average molecular weight is 388 g/mol. The van der Waals surface area contributed by atoms with Crippen LogP contribution in [0.15, 0.2) is 18.2 Å². The van der Waals surface area contributed by atoms with E-state index in [2.05, 4.69) is 10.6 Å². The summed E-state index contributed by atoms with van der Waals surface area (Å²) in [5.74, 6) is -1.05. The molecule has 2 amide bonds. The number of carbonyl (C=O) groups is 2. The van der Waals surface area contributed by atoms with Crippen molar-refractivity contribution in [3.63, 3.8) is 0 Å². The van der Waals surface area contributed by atoms with Crippen molar-refractivity contribution in [1.82, 2.24) is 5.32 Å². The number of amides is 2. The molecule has 108 valence electrons. The summed E-state index contributed by atoms with van der Waals surface area (Å²) < 4.78 is 0.815. The van der Waals surface area contributed by atoms with Gasteiger partial charge >= 0.3 is 12.0 Å². The Labute approximate surface area is 131 Å². The molecule has 2 rings (SSSR count). The molecule has 20 heavy (non-hydrogen) atoms. The lowest BCUT2D eigenvalue weighted by Crippen LogP contribution is -2.54. The van der Waals surface area contributed by atoms with Gasteiger partial charge in [0.05, 0.1) is 11.3 Å². The Bertz CT molecular complexity index is 536. The maximum Gasteiger partial charge on any atom is 0.337 e. The molecule has 0 bridgehead atoms. The van der Waals surface area contributed by atoms with Gasteiger partial charge in [-0.05, 0) is 66.5 Å². The van der Waals surface area contributed by atoms with Crippen LogP contribution in [0, 0.1) is 3.57 Å². The van der Waals surface area contributed by atoms with Gasteiger partial charge < -0.3 is 15.7 Å². The highest BCUT2D eigenvalue weighted by atomic mass is 127. The number of carboxylic acids is 1. The van der Waals surface area contributed by atoms with E-state index in [1.54, 1.807) is 12.1 Å². The number of nitrogens with one attached hydrogen (secondary N) is 2. The Morgan fingerprint density at radius 1 is 1.40 bits per heavy atom. The van der Waals surface area contributed by atoms with Crippen molar-refractivity contribution in [3.8, 4) is 0 Å². The first kappa shape index (κ1) is 15.1. The third kappa shape index (κ3) is 3.23. The van der Waals surface area contributed by atoms with E-state index in [0.29, 0.717) is 5.69 Å². The van der Waals surface area contributed by atoms with E-state index in [0.717, 1.165) is 29.3 Å². The van der Waals surface area contributed by atoms with Gasteiger partial charge in [0.1, 0.15) is 0 Å². The highest BCUT2D eigenvalue weighted by Gasteiger charge is 2.36. The van der Waals surface area contributed by atoms with Gasteiger partial charge in [-0.3, -0.25) is 0 Å². The predicted molar refractivity (Wildman–Crippen MR) is 85.1 cm³/mol. The first-order valence-corrected chi connectivity index (χ1v) is 7.66. The molecule has 0 aromatic heterocycles. The summed E-state index contributed by atoms with van der Waals surface area (Å²) in [5.41, 5.74) is 0.309. The third-order valence-electron chi connectivity index (χ3n) is 3.83. The number of carbonyl (C=O) groups excluding carboxylic acids is 1. The maximum absolute atomic E-state index is 12.0. The highest BCUT2D eigenvalue weighted by Crippen LogP contribution is 2.34. The van der Waals surface area contributed by atoms with E-state index >= 15 is 0 Å². The Hall–Kier alpha value is -1.31. The topological polar surface area (TPSA) is 78.4 Å². The molecule has 1 aliphatic rings. The summed E-state index contributed by atoms with van der Waals surface area (Å²) in [6, 6.07) is 4.58. The number of aromatic carboxylic acids is 1. The molecular formula is C14H17IN2O3. The number of anilines is 1. The molecule has 0 saturated heterocycles. The second kappa shape index (κ2) is 5.99. The fraction of sp³-hybridized carbons (Fsp3) is 0.429. The van der Waals surface area contributed by atoms with E-state index < -0.39 is 5.97 Å². The first-order chi connectivity index (χ1) is 9.46. The summed E-state index contributed by atoms with van der Waals surface area (Å²) in [5, 5.41) is 14.8. The molecule has 0 unspecified atom stereocenters. The lowest BCUT2D eigenvalue weighted by Gasteiger charge is -2.41. The van der Waals surface area contributed by atoms with Crippen LogP contribution in [-0.4, -0.2) is 22.6 Å². The van der Waals surface area contributed by atoms with Crippen molar-refractivity contribution in [2.24, 2.45) is 0 Å². The number of urea groups is 1. The van der Waals surface area contributed by atoms with Crippen molar-refractivity contribution in [1.29, 1.82) is 0 Å². The summed E-state index contributed by atoms with van der Waals surface area (Å²) in [4.78, 5) is 23.2. The van der Waals surface area contributed by atoms with Crippen LogP contribution in [-0.2, 0) is 0 Å². The van der Waals surface area contributed by atoms with Gasteiger partial charge in [-0.1, -0.05) is 6.92 Å². The molecule has 5 nitrogen and oxygen atoms in total. The molecule has 0 radical (unpaired) electrons. The van der Waals surface area contributed by atoms with Crippen LogP contribution in [0.2, 0.25) is 0 Å². The lowest BCUT2D eigenvalue weighted by atomic mass is 9.75. The van der Waals surface area contributed by atoms with Crippen LogP contribution in [0.4, 0.5) is 10.5 Å². The number of carboxylic acid groups (broad SMARTS) is 1. The van der Waals surface area contributed by atoms with Crippen molar-refractivity contribution < 1.29 is 14.7 Å². The van der Waals surface area contributed by atoms with Gasteiger partial charge in [0.15, 0.2) is 0 Å². The number of hydrogen-bond donors (Lipinski definition) is 3. The van der Waals surface area contributed by atoms with E-state index in [9.17, 15) is 9.59 Å². The summed E-state index contributed by atoms with van der Waals surface area (Å²) >= 11 is 2.04. The molecule has 1 aromatic carbocycles. The zero-order valence-electron chi connectivity index (χ0n) is 11.2. The van der Waals surface area contributed by atoms with Crippen LogP contribution >= 0.6 is 22.6 Å². The number of hydrogen-bond acceptors (Lipinski definition) is 2. The van der Waals surface area contributed by atoms with Crippen LogP contribution in [0.1, 0.15) is 43.0 Å². The minimum atomic E-state index is -1.05. The third-order valence-corrected chi connectivity index (χ3v) is 4.50. The van der Waals surface area contributed by atoms with Crippen LogP contribution in [0.3, 0.4) is 0 Å². The average Bonchev–Trinajstić information content (AvgIpc) is 2.36. The predicted octanol–water partition coefficient (Wildman–Crippen LogP) is 3.44. The van der Waals surface area contributed by atoms with E-state index in [1.807, 2.05) is 29.5 Å². The van der Waals surface area contributed by atoms with Crippen LogP contribution < -0.4 is 10.6 Å². The first-order valence-electron chi connectivity index (χ1n) is 6.58. The van der Waals surface area contributed by atoms with E-state index in [4.69, 9.17) is 5.11 Å². The maximum atomic E-state index is 12.0. The molecule has 6 heteroatoms. The smallest absolute Gasteiger partial charge is 0.337 e. The molecule has 3 N–H and O–H groups in total. The van der Waals surface area contributed by atoms with Gasteiger partial charge in [0.2, 0.25) is 0 Å². The molecule has 1 fully saturated rings. The number of halogens is 1. The molecular weight excluding hydrogens is 371 g/mol. The molecule has 0 spiro atoms.